The molecule has 6 heteroatoms. The fourth-order valence-corrected chi connectivity index (χ4v) is 1.15. The van der Waals surface area contributed by atoms with Crippen LogP contribution in [-0.4, -0.2) is 15.2 Å². The van der Waals surface area contributed by atoms with Crippen molar-refractivity contribution in [3.05, 3.63) is 28.4 Å². The van der Waals surface area contributed by atoms with E-state index in [-0.39, 0.29) is 5.89 Å². The summed E-state index contributed by atoms with van der Waals surface area (Å²) in [7, 11) is 0. The third kappa shape index (κ3) is 1.37. The number of nitrogen functional groups attached to an aromatic ring is 1. The van der Waals surface area contributed by atoms with Gasteiger partial charge in [0.1, 0.15) is 5.69 Å². The number of anilines is 1. The summed E-state index contributed by atoms with van der Waals surface area (Å²) in [6.07, 6.45) is 1.48. The Labute approximate surface area is 78.8 Å². The fraction of sp³-hybridized carbons (Fsp3) is 0.125. The van der Waals surface area contributed by atoms with Crippen LogP contribution in [0.4, 0.5) is 5.69 Å². The van der Waals surface area contributed by atoms with E-state index < -0.39 is 5.76 Å². The van der Waals surface area contributed by atoms with E-state index in [1.807, 2.05) is 6.92 Å². The van der Waals surface area contributed by atoms with Crippen LogP contribution in [0, 0.1) is 6.92 Å². The van der Waals surface area contributed by atoms with Crippen molar-refractivity contribution in [3.8, 4) is 11.6 Å². The second kappa shape index (κ2) is 2.99. The number of H-pyrrole nitrogens is 1. The third-order valence-electron chi connectivity index (χ3n) is 1.74. The van der Waals surface area contributed by atoms with Gasteiger partial charge in [0, 0.05) is 0 Å². The molecule has 0 saturated carbocycles. The summed E-state index contributed by atoms with van der Waals surface area (Å²) in [5.74, 6) is -0.425. The second-order valence-corrected chi connectivity index (χ2v) is 2.85. The van der Waals surface area contributed by atoms with Crippen molar-refractivity contribution in [2.45, 2.75) is 6.92 Å². The highest BCUT2D eigenvalue weighted by Crippen LogP contribution is 2.18. The van der Waals surface area contributed by atoms with Gasteiger partial charge in [-0.15, -0.1) is 5.10 Å². The van der Waals surface area contributed by atoms with E-state index in [1.165, 1.54) is 6.20 Å². The van der Waals surface area contributed by atoms with Gasteiger partial charge in [0.15, 0.2) is 0 Å². The highest BCUT2D eigenvalue weighted by molar-refractivity contribution is 5.55. The quantitative estimate of drug-likeness (QED) is 0.677. The van der Waals surface area contributed by atoms with E-state index in [2.05, 4.69) is 15.2 Å². The second-order valence-electron chi connectivity index (χ2n) is 2.85. The maximum absolute atomic E-state index is 10.7. The maximum Gasteiger partial charge on any atom is 0.434 e. The summed E-state index contributed by atoms with van der Waals surface area (Å²) in [4.78, 5) is 14.7. The molecular weight excluding hydrogens is 184 g/mol. The summed E-state index contributed by atoms with van der Waals surface area (Å²) in [5, 5.41) is 5.83. The lowest BCUT2D eigenvalue weighted by molar-refractivity contribution is 0.525. The Hall–Kier alpha value is -2.11. The van der Waals surface area contributed by atoms with Crippen LogP contribution in [-0.2, 0) is 0 Å². The van der Waals surface area contributed by atoms with Crippen molar-refractivity contribution in [2.75, 3.05) is 5.73 Å². The molecule has 0 aliphatic carbocycles. The number of nitrogens with two attached hydrogens (primary N) is 1. The number of rotatable bonds is 1. The van der Waals surface area contributed by atoms with Crippen LogP contribution in [0.1, 0.15) is 5.56 Å². The largest absolute Gasteiger partial charge is 0.434 e. The number of aryl methyl sites for hydroxylation is 1. The van der Waals surface area contributed by atoms with Crippen LogP contribution >= 0.6 is 0 Å². The lowest BCUT2D eigenvalue weighted by atomic mass is 10.2. The van der Waals surface area contributed by atoms with Crippen LogP contribution < -0.4 is 11.5 Å². The van der Waals surface area contributed by atoms with Crippen LogP contribution in [0.3, 0.4) is 0 Å². The van der Waals surface area contributed by atoms with Crippen LogP contribution in [0.15, 0.2) is 21.5 Å². The first-order valence-corrected chi connectivity index (χ1v) is 3.95. The Morgan fingerprint density at radius 1 is 1.57 bits per heavy atom. The van der Waals surface area contributed by atoms with Crippen molar-refractivity contribution < 1.29 is 4.42 Å². The van der Waals surface area contributed by atoms with E-state index in [9.17, 15) is 4.79 Å². The van der Waals surface area contributed by atoms with Gasteiger partial charge in [-0.2, -0.15) is 0 Å². The molecule has 2 aromatic heterocycles. The average molecular weight is 192 g/mol. The van der Waals surface area contributed by atoms with Gasteiger partial charge in [-0.3, -0.25) is 0 Å². The van der Waals surface area contributed by atoms with Gasteiger partial charge >= 0.3 is 5.76 Å². The first kappa shape index (κ1) is 8.49. The van der Waals surface area contributed by atoms with Crippen molar-refractivity contribution in [1.29, 1.82) is 0 Å². The van der Waals surface area contributed by atoms with Gasteiger partial charge in [0.25, 0.3) is 5.89 Å². The number of aromatic amines is 1. The number of pyridine rings is 1. The summed E-state index contributed by atoms with van der Waals surface area (Å²) < 4.78 is 4.76. The lowest BCUT2D eigenvalue weighted by Gasteiger charge is -1.99. The first-order chi connectivity index (χ1) is 6.66. The Kier molecular flexibility index (Phi) is 1.81. The highest BCUT2D eigenvalue weighted by Gasteiger charge is 2.09. The van der Waals surface area contributed by atoms with E-state index in [4.69, 9.17) is 10.2 Å². The molecule has 0 fully saturated rings. The van der Waals surface area contributed by atoms with Gasteiger partial charge in [-0.05, 0) is 18.6 Å². The molecule has 0 aliphatic rings. The van der Waals surface area contributed by atoms with E-state index in [1.54, 1.807) is 6.07 Å². The molecule has 0 bridgehead atoms. The molecule has 0 radical (unpaired) electrons. The van der Waals surface area contributed by atoms with Gasteiger partial charge in [-0.25, -0.2) is 14.9 Å². The Morgan fingerprint density at radius 2 is 2.36 bits per heavy atom. The van der Waals surface area contributed by atoms with Gasteiger partial charge in [0.05, 0.1) is 11.9 Å². The van der Waals surface area contributed by atoms with Crippen LogP contribution in [0.5, 0.6) is 0 Å². The van der Waals surface area contributed by atoms with Crippen LogP contribution in [0.25, 0.3) is 11.6 Å². The molecule has 2 rings (SSSR count). The molecule has 2 heterocycles. The van der Waals surface area contributed by atoms with Crippen molar-refractivity contribution in [2.24, 2.45) is 0 Å². The van der Waals surface area contributed by atoms with Crippen molar-refractivity contribution >= 4 is 5.69 Å². The SMILES string of the molecule is Cc1cc(N)cnc1-c1n[nH]c(=O)o1. The minimum absolute atomic E-state index is 0.174. The number of nitrogens with zero attached hydrogens (tertiary/aromatic N) is 2. The molecular formula is C8H8N4O2. The minimum Gasteiger partial charge on any atom is -0.397 e. The molecule has 6 nitrogen and oxygen atoms in total. The van der Waals surface area contributed by atoms with E-state index >= 15 is 0 Å². The summed E-state index contributed by atoms with van der Waals surface area (Å²) >= 11 is 0. The summed E-state index contributed by atoms with van der Waals surface area (Å²) in [6, 6.07) is 1.73. The molecule has 3 N–H and O–H groups in total. The molecule has 0 aromatic carbocycles. The predicted molar refractivity (Wildman–Crippen MR) is 49.5 cm³/mol. The lowest BCUT2D eigenvalue weighted by Crippen LogP contribution is -1.94. The topological polar surface area (TPSA) is 97.8 Å². The average Bonchev–Trinajstić information content (AvgIpc) is 2.51. The molecule has 2 aromatic rings. The molecule has 0 spiro atoms. The monoisotopic (exact) mass is 192 g/mol. The molecule has 0 aliphatic heterocycles. The molecule has 72 valence electrons. The highest BCUT2D eigenvalue weighted by atomic mass is 16.4. The third-order valence-corrected chi connectivity index (χ3v) is 1.74. The standard InChI is InChI=1S/C8H8N4O2/c1-4-2-5(9)3-10-6(4)7-11-12-8(13)14-7/h2-3H,9H2,1H3,(H,12,13). The number of hydrogen-bond donors (Lipinski definition) is 2. The molecule has 0 amide bonds. The van der Waals surface area contributed by atoms with Crippen molar-refractivity contribution in [3.63, 3.8) is 0 Å². The summed E-state index contributed by atoms with van der Waals surface area (Å²) in [6.45, 7) is 1.81. The zero-order valence-electron chi connectivity index (χ0n) is 7.44. The Bertz CT molecular complexity index is 514. The summed E-state index contributed by atoms with van der Waals surface area (Å²) in [5.41, 5.74) is 7.40. The van der Waals surface area contributed by atoms with E-state index in [0.29, 0.717) is 11.4 Å². The van der Waals surface area contributed by atoms with Gasteiger partial charge in [0.2, 0.25) is 0 Å². The number of aromatic nitrogens is 3. The van der Waals surface area contributed by atoms with E-state index in [0.717, 1.165) is 5.56 Å². The number of hydrogen-bond acceptors (Lipinski definition) is 5. The molecule has 0 unspecified atom stereocenters. The minimum atomic E-state index is -0.599. The predicted octanol–water partition coefficient (Wildman–Crippen LogP) is 0.316. The molecule has 14 heavy (non-hydrogen) atoms. The maximum atomic E-state index is 10.7. The first-order valence-electron chi connectivity index (χ1n) is 3.95. The Morgan fingerprint density at radius 3 is 2.93 bits per heavy atom. The van der Waals surface area contributed by atoms with Gasteiger partial charge < -0.3 is 10.2 Å². The normalized spacial score (nSPS) is 10.4. The Balaban J connectivity index is 2.57. The zero-order valence-corrected chi connectivity index (χ0v) is 7.44. The van der Waals surface area contributed by atoms with Crippen LogP contribution in [0.2, 0.25) is 0 Å². The smallest absolute Gasteiger partial charge is 0.397 e. The van der Waals surface area contributed by atoms with Gasteiger partial charge in [-0.1, -0.05) is 0 Å². The zero-order chi connectivity index (χ0) is 10.1. The molecule has 0 saturated heterocycles. The number of nitrogens with one attached hydrogen (secondary N) is 1. The fourth-order valence-electron chi connectivity index (χ4n) is 1.15. The van der Waals surface area contributed by atoms with Crippen molar-refractivity contribution in [1.82, 2.24) is 15.2 Å². The molecule has 0 atom stereocenters.